The predicted molar refractivity (Wildman–Crippen MR) is 82.6 cm³/mol. The summed E-state index contributed by atoms with van der Waals surface area (Å²) in [5.41, 5.74) is 5.87. The van der Waals surface area contributed by atoms with Gasteiger partial charge in [-0.15, -0.1) is 0 Å². The molecule has 1 fully saturated rings. The number of hydrogen-bond donors (Lipinski definition) is 1. The number of nitrogens with zero attached hydrogens (tertiary/aromatic N) is 3. The molecule has 2 N–H and O–H groups in total. The number of rotatable bonds is 3. The topological polar surface area (TPSA) is 55.0 Å². The average molecular weight is 280 g/mol. The number of thioether (sulfide) groups is 1. The summed E-state index contributed by atoms with van der Waals surface area (Å²) >= 11 is 1.54. The standard InChI is InChI=1S/C14H24N4S/c1-10(2)11-5-4-7-18(8-6-11)13-9-12(15)16-14(17-13)19-3/h9-11H,4-8H2,1-3H3,(H2,15,16,17). The molecule has 0 saturated carbocycles. The highest BCUT2D eigenvalue weighted by Crippen LogP contribution is 2.27. The van der Waals surface area contributed by atoms with Gasteiger partial charge in [0.15, 0.2) is 5.16 Å². The maximum atomic E-state index is 5.87. The Morgan fingerprint density at radius 1 is 1.32 bits per heavy atom. The van der Waals surface area contributed by atoms with E-state index in [0.29, 0.717) is 5.82 Å². The van der Waals surface area contributed by atoms with Gasteiger partial charge in [0.05, 0.1) is 0 Å². The average Bonchev–Trinajstić information content (AvgIpc) is 2.63. The lowest BCUT2D eigenvalue weighted by molar-refractivity contribution is 0.351. The Balaban J connectivity index is 2.11. The number of nitrogen functional groups attached to an aromatic ring is 1. The van der Waals surface area contributed by atoms with Gasteiger partial charge in [-0.25, -0.2) is 9.97 Å². The van der Waals surface area contributed by atoms with Gasteiger partial charge in [-0.05, 0) is 37.4 Å². The minimum atomic E-state index is 0.569. The van der Waals surface area contributed by atoms with E-state index in [1.165, 1.54) is 19.3 Å². The lowest BCUT2D eigenvalue weighted by Crippen LogP contribution is -2.26. The molecular formula is C14H24N4S. The van der Waals surface area contributed by atoms with Crippen molar-refractivity contribution >= 4 is 23.4 Å². The first-order valence-corrected chi connectivity index (χ1v) is 8.26. The minimum Gasteiger partial charge on any atom is -0.383 e. The highest BCUT2D eigenvalue weighted by molar-refractivity contribution is 7.98. The minimum absolute atomic E-state index is 0.569. The normalized spacial score (nSPS) is 20.6. The van der Waals surface area contributed by atoms with Crippen LogP contribution in [-0.2, 0) is 0 Å². The van der Waals surface area contributed by atoms with Crippen LogP contribution in [0.3, 0.4) is 0 Å². The van der Waals surface area contributed by atoms with Crippen molar-refractivity contribution in [2.75, 3.05) is 30.0 Å². The predicted octanol–water partition coefficient (Wildman–Crippen LogP) is 3.04. The van der Waals surface area contributed by atoms with Crippen LogP contribution in [-0.4, -0.2) is 29.3 Å². The van der Waals surface area contributed by atoms with Crippen LogP contribution in [0.25, 0.3) is 0 Å². The van der Waals surface area contributed by atoms with Gasteiger partial charge in [-0.1, -0.05) is 25.6 Å². The molecule has 4 nitrogen and oxygen atoms in total. The summed E-state index contributed by atoms with van der Waals surface area (Å²) < 4.78 is 0. The fraction of sp³-hybridized carbons (Fsp3) is 0.714. The lowest BCUT2D eigenvalue weighted by atomic mass is 9.89. The van der Waals surface area contributed by atoms with E-state index in [2.05, 4.69) is 28.7 Å². The number of hydrogen-bond acceptors (Lipinski definition) is 5. The van der Waals surface area contributed by atoms with Crippen LogP contribution in [0, 0.1) is 11.8 Å². The van der Waals surface area contributed by atoms with E-state index in [0.717, 1.165) is 35.9 Å². The Kier molecular flexibility index (Phi) is 4.91. The summed E-state index contributed by atoms with van der Waals surface area (Å²) in [5, 5.41) is 0.764. The summed E-state index contributed by atoms with van der Waals surface area (Å²) in [7, 11) is 0. The second kappa shape index (κ2) is 6.46. The van der Waals surface area contributed by atoms with Crippen molar-refractivity contribution in [3.63, 3.8) is 0 Å². The maximum Gasteiger partial charge on any atom is 0.191 e. The van der Waals surface area contributed by atoms with Crippen molar-refractivity contribution in [3.05, 3.63) is 6.07 Å². The van der Waals surface area contributed by atoms with Crippen molar-refractivity contribution in [2.45, 2.75) is 38.3 Å². The molecule has 106 valence electrons. The van der Waals surface area contributed by atoms with Gasteiger partial charge in [-0.2, -0.15) is 0 Å². The first-order chi connectivity index (χ1) is 9.10. The van der Waals surface area contributed by atoms with Gasteiger partial charge in [0.25, 0.3) is 0 Å². The molecule has 1 atom stereocenters. The van der Waals surface area contributed by atoms with Crippen LogP contribution in [0.2, 0.25) is 0 Å². The number of nitrogens with two attached hydrogens (primary N) is 1. The smallest absolute Gasteiger partial charge is 0.191 e. The summed E-state index contributed by atoms with van der Waals surface area (Å²) in [4.78, 5) is 11.2. The van der Waals surface area contributed by atoms with Crippen LogP contribution in [0.5, 0.6) is 0 Å². The molecular weight excluding hydrogens is 256 g/mol. The fourth-order valence-electron chi connectivity index (χ4n) is 2.70. The zero-order valence-electron chi connectivity index (χ0n) is 12.1. The highest BCUT2D eigenvalue weighted by Gasteiger charge is 2.20. The molecule has 0 amide bonds. The molecule has 0 radical (unpaired) electrons. The Morgan fingerprint density at radius 2 is 2.11 bits per heavy atom. The van der Waals surface area contributed by atoms with E-state index in [1.807, 2.05) is 12.3 Å². The Bertz CT molecular complexity index is 422. The Morgan fingerprint density at radius 3 is 2.79 bits per heavy atom. The fourth-order valence-corrected chi connectivity index (χ4v) is 3.08. The molecule has 1 unspecified atom stereocenters. The van der Waals surface area contributed by atoms with Gasteiger partial charge >= 0.3 is 0 Å². The highest BCUT2D eigenvalue weighted by atomic mass is 32.2. The van der Waals surface area contributed by atoms with Gasteiger partial charge in [0.2, 0.25) is 0 Å². The van der Waals surface area contributed by atoms with Crippen molar-refractivity contribution < 1.29 is 0 Å². The third kappa shape index (κ3) is 3.75. The maximum absolute atomic E-state index is 5.87. The van der Waals surface area contributed by atoms with E-state index < -0.39 is 0 Å². The lowest BCUT2D eigenvalue weighted by Gasteiger charge is -2.23. The zero-order valence-corrected chi connectivity index (χ0v) is 12.9. The van der Waals surface area contributed by atoms with Crippen LogP contribution in [0.4, 0.5) is 11.6 Å². The summed E-state index contributed by atoms with van der Waals surface area (Å²) in [6.45, 7) is 6.81. The molecule has 0 spiro atoms. The SMILES string of the molecule is CSc1nc(N)cc(N2CCCC(C(C)C)CC2)n1. The van der Waals surface area contributed by atoms with E-state index >= 15 is 0 Å². The molecule has 0 bridgehead atoms. The first kappa shape index (κ1) is 14.4. The molecule has 2 heterocycles. The van der Waals surface area contributed by atoms with Crippen LogP contribution >= 0.6 is 11.8 Å². The molecule has 1 saturated heterocycles. The Hall–Kier alpha value is -0.970. The molecule has 5 heteroatoms. The van der Waals surface area contributed by atoms with Crippen LogP contribution < -0.4 is 10.6 Å². The summed E-state index contributed by atoms with van der Waals surface area (Å²) in [6, 6.07) is 1.90. The van der Waals surface area contributed by atoms with Gasteiger partial charge in [0.1, 0.15) is 11.6 Å². The molecule has 0 aliphatic carbocycles. The quantitative estimate of drug-likeness (QED) is 0.681. The molecule has 2 rings (SSSR count). The van der Waals surface area contributed by atoms with Crippen LogP contribution in [0.15, 0.2) is 11.2 Å². The van der Waals surface area contributed by atoms with Gasteiger partial charge in [-0.3, -0.25) is 0 Å². The monoisotopic (exact) mass is 280 g/mol. The second-order valence-corrected chi connectivity index (χ2v) is 6.33. The number of aromatic nitrogens is 2. The van der Waals surface area contributed by atoms with Crippen molar-refractivity contribution in [2.24, 2.45) is 11.8 Å². The van der Waals surface area contributed by atoms with Gasteiger partial charge in [0, 0.05) is 19.2 Å². The van der Waals surface area contributed by atoms with E-state index in [9.17, 15) is 0 Å². The van der Waals surface area contributed by atoms with E-state index in [-0.39, 0.29) is 0 Å². The summed E-state index contributed by atoms with van der Waals surface area (Å²) in [5.74, 6) is 3.17. The Labute approximate surface area is 120 Å². The van der Waals surface area contributed by atoms with Crippen molar-refractivity contribution in [1.82, 2.24) is 9.97 Å². The van der Waals surface area contributed by atoms with E-state index in [1.54, 1.807) is 11.8 Å². The molecule has 1 aliphatic rings. The first-order valence-electron chi connectivity index (χ1n) is 7.03. The summed E-state index contributed by atoms with van der Waals surface area (Å²) in [6.07, 6.45) is 5.79. The van der Waals surface area contributed by atoms with E-state index in [4.69, 9.17) is 5.73 Å². The van der Waals surface area contributed by atoms with Crippen molar-refractivity contribution in [3.8, 4) is 0 Å². The zero-order chi connectivity index (χ0) is 13.8. The molecule has 1 aromatic rings. The third-order valence-electron chi connectivity index (χ3n) is 3.93. The van der Waals surface area contributed by atoms with Gasteiger partial charge < -0.3 is 10.6 Å². The molecule has 1 aromatic heterocycles. The van der Waals surface area contributed by atoms with Crippen molar-refractivity contribution in [1.29, 1.82) is 0 Å². The van der Waals surface area contributed by atoms with Crippen LogP contribution in [0.1, 0.15) is 33.1 Å². The largest absolute Gasteiger partial charge is 0.383 e. The molecule has 1 aliphatic heterocycles. The number of anilines is 2. The molecule has 0 aromatic carbocycles. The third-order valence-corrected chi connectivity index (χ3v) is 4.48. The molecule has 19 heavy (non-hydrogen) atoms. The second-order valence-electron chi connectivity index (χ2n) is 5.56.